The molecule has 0 spiro atoms. The molecule has 0 aliphatic rings. The van der Waals surface area contributed by atoms with E-state index in [1.54, 1.807) is 36.4 Å². The van der Waals surface area contributed by atoms with Crippen LogP contribution in [0.5, 0.6) is 0 Å². The molecule has 0 N–H and O–H groups in total. The maximum Gasteiger partial charge on any atom is 0.320 e. The molecule has 0 fully saturated rings. The molecule has 0 saturated heterocycles. The number of hydrogen-bond acceptors (Lipinski definition) is 3. The lowest BCUT2D eigenvalue weighted by Gasteiger charge is -2.17. The third-order valence-corrected chi connectivity index (χ3v) is 3.78. The van der Waals surface area contributed by atoms with Crippen molar-refractivity contribution in [3.63, 3.8) is 0 Å². The fraction of sp³-hybridized carbons (Fsp3) is 0.222. The van der Waals surface area contributed by atoms with Crippen molar-refractivity contribution in [1.82, 2.24) is 14.5 Å². The standard InChI is InChI=1S/C18H16F2N4/c1-23(11-14-6-4-5-13(9-14)10-21)12-17-22-15-7-2-3-8-16(15)24(17)18(19)20/h2-9,18H,11-12H2,1H3. The molecule has 6 heteroatoms. The number of nitrogens with zero attached hydrogens (tertiary/aromatic N) is 4. The molecule has 0 aliphatic heterocycles. The Labute approximate surface area is 138 Å². The van der Waals surface area contributed by atoms with Gasteiger partial charge in [-0.05, 0) is 36.9 Å². The Bertz CT molecular complexity index is 895. The molecule has 24 heavy (non-hydrogen) atoms. The van der Waals surface area contributed by atoms with Crippen LogP contribution in [-0.4, -0.2) is 21.5 Å². The van der Waals surface area contributed by atoms with Crippen molar-refractivity contribution in [3.8, 4) is 6.07 Å². The van der Waals surface area contributed by atoms with Gasteiger partial charge in [-0.25, -0.2) is 4.98 Å². The Morgan fingerprint density at radius 1 is 1.17 bits per heavy atom. The monoisotopic (exact) mass is 326 g/mol. The summed E-state index contributed by atoms with van der Waals surface area (Å²) in [4.78, 5) is 6.24. The zero-order valence-electron chi connectivity index (χ0n) is 13.2. The summed E-state index contributed by atoms with van der Waals surface area (Å²) in [6.45, 7) is -1.81. The minimum absolute atomic E-state index is 0.288. The first-order valence-corrected chi connectivity index (χ1v) is 7.50. The van der Waals surface area contributed by atoms with Crippen molar-refractivity contribution >= 4 is 11.0 Å². The van der Waals surface area contributed by atoms with Crippen molar-refractivity contribution in [1.29, 1.82) is 5.26 Å². The third-order valence-electron chi connectivity index (χ3n) is 3.78. The number of aromatic nitrogens is 2. The van der Waals surface area contributed by atoms with Crippen molar-refractivity contribution < 1.29 is 8.78 Å². The van der Waals surface area contributed by atoms with E-state index in [1.807, 2.05) is 24.1 Å². The zero-order valence-corrected chi connectivity index (χ0v) is 13.2. The maximum atomic E-state index is 13.4. The van der Waals surface area contributed by atoms with Gasteiger partial charge in [0.2, 0.25) is 0 Å². The second-order valence-corrected chi connectivity index (χ2v) is 5.65. The van der Waals surface area contributed by atoms with Crippen LogP contribution in [0.1, 0.15) is 23.5 Å². The van der Waals surface area contributed by atoms with E-state index in [1.165, 1.54) is 0 Å². The van der Waals surface area contributed by atoms with Crippen LogP contribution in [0.4, 0.5) is 8.78 Å². The highest BCUT2D eigenvalue weighted by Gasteiger charge is 2.18. The maximum absolute atomic E-state index is 13.4. The van der Waals surface area contributed by atoms with Crippen LogP contribution in [0, 0.1) is 11.3 Å². The molecule has 0 bridgehead atoms. The lowest BCUT2D eigenvalue weighted by Crippen LogP contribution is -2.20. The first-order chi connectivity index (χ1) is 11.6. The molecule has 0 radical (unpaired) electrons. The molecular weight excluding hydrogens is 310 g/mol. The van der Waals surface area contributed by atoms with Gasteiger partial charge in [-0.15, -0.1) is 0 Å². The van der Waals surface area contributed by atoms with Crippen LogP contribution < -0.4 is 0 Å². The number of alkyl halides is 2. The number of benzene rings is 2. The van der Waals surface area contributed by atoms with Gasteiger partial charge in [0.15, 0.2) is 0 Å². The van der Waals surface area contributed by atoms with E-state index in [2.05, 4.69) is 11.1 Å². The highest BCUT2D eigenvalue weighted by Crippen LogP contribution is 2.24. The summed E-state index contributed by atoms with van der Waals surface area (Å²) in [5, 5.41) is 8.95. The fourth-order valence-corrected chi connectivity index (χ4v) is 2.77. The first-order valence-electron chi connectivity index (χ1n) is 7.50. The molecular formula is C18H16F2N4. The molecule has 0 atom stereocenters. The summed E-state index contributed by atoms with van der Waals surface area (Å²) < 4.78 is 27.8. The molecule has 0 saturated carbocycles. The lowest BCUT2D eigenvalue weighted by atomic mass is 10.1. The van der Waals surface area contributed by atoms with E-state index in [0.717, 1.165) is 10.1 Å². The van der Waals surface area contributed by atoms with Gasteiger partial charge in [-0.2, -0.15) is 14.0 Å². The van der Waals surface area contributed by atoms with Gasteiger partial charge in [-0.1, -0.05) is 24.3 Å². The van der Waals surface area contributed by atoms with Gasteiger partial charge in [0, 0.05) is 6.54 Å². The van der Waals surface area contributed by atoms with Gasteiger partial charge in [0.25, 0.3) is 0 Å². The summed E-state index contributed by atoms with van der Waals surface area (Å²) in [7, 11) is 1.84. The molecule has 0 unspecified atom stereocenters. The number of para-hydroxylation sites is 2. The van der Waals surface area contributed by atoms with Crippen LogP contribution in [0.3, 0.4) is 0 Å². The van der Waals surface area contributed by atoms with Crippen molar-refractivity contribution in [2.75, 3.05) is 7.05 Å². The van der Waals surface area contributed by atoms with Gasteiger partial charge in [0.1, 0.15) is 5.82 Å². The predicted molar refractivity (Wildman–Crippen MR) is 87.3 cm³/mol. The van der Waals surface area contributed by atoms with E-state index >= 15 is 0 Å². The van der Waals surface area contributed by atoms with Crippen LogP contribution >= 0.6 is 0 Å². The van der Waals surface area contributed by atoms with E-state index < -0.39 is 6.55 Å². The quantitative estimate of drug-likeness (QED) is 0.713. The van der Waals surface area contributed by atoms with E-state index in [9.17, 15) is 8.78 Å². The average molecular weight is 326 g/mol. The van der Waals surface area contributed by atoms with Gasteiger partial charge in [-0.3, -0.25) is 9.47 Å². The first kappa shape index (κ1) is 16.1. The van der Waals surface area contributed by atoms with Crippen LogP contribution in [-0.2, 0) is 13.1 Å². The molecule has 2 aromatic carbocycles. The molecule has 0 aliphatic carbocycles. The van der Waals surface area contributed by atoms with Gasteiger partial charge in [0.05, 0.1) is 29.2 Å². The largest absolute Gasteiger partial charge is 0.320 e. The Kier molecular flexibility index (Phi) is 4.54. The second-order valence-electron chi connectivity index (χ2n) is 5.65. The predicted octanol–water partition coefficient (Wildman–Crippen LogP) is 3.94. The fourth-order valence-electron chi connectivity index (χ4n) is 2.77. The molecule has 3 rings (SSSR count). The third kappa shape index (κ3) is 3.26. The minimum Gasteiger partial charge on any atom is -0.295 e. The second kappa shape index (κ2) is 6.77. The zero-order chi connectivity index (χ0) is 17.1. The van der Waals surface area contributed by atoms with Gasteiger partial charge >= 0.3 is 6.55 Å². The molecule has 1 aromatic heterocycles. The van der Waals surface area contributed by atoms with Crippen molar-refractivity contribution in [2.24, 2.45) is 0 Å². The highest BCUT2D eigenvalue weighted by atomic mass is 19.3. The summed E-state index contributed by atoms with van der Waals surface area (Å²) in [6.07, 6.45) is 0. The van der Waals surface area contributed by atoms with Crippen molar-refractivity contribution in [3.05, 3.63) is 65.5 Å². The van der Waals surface area contributed by atoms with Gasteiger partial charge < -0.3 is 0 Å². The smallest absolute Gasteiger partial charge is 0.295 e. The van der Waals surface area contributed by atoms with E-state index in [-0.39, 0.29) is 6.54 Å². The molecule has 122 valence electrons. The topological polar surface area (TPSA) is 44.9 Å². The molecule has 0 amide bonds. The van der Waals surface area contributed by atoms with E-state index in [4.69, 9.17) is 5.26 Å². The Morgan fingerprint density at radius 3 is 2.71 bits per heavy atom. The lowest BCUT2D eigenvalue weighted by molar-refractivity contribution is 0.0689. The van der Waals surface area contributed by atoms with Crippen LogP contribution in [0.2, 0.25) is 0 Å². The number of imidazole rings is 1. The number of hydrogen-bond donors (Lipinski definition) is 0. The summed E-state index contributed by atoms with van der Waals surface area (Å²) in [5.74, 6) is 0.324. The highest BCUT2D eigenvalue weighted by molar-refractivity contribution is 5.75. The van der Waals surface area contributed by atoms with E-state index in [0.29, 0.717) is 29.0 Å². The normalized spacial score (nSPS) is 11.3. The number of halogens is 2. The number of rotatable bonds is 5. The van der Waals surface area contributed by atoms with Crippen LogP contribution in [0.15, 0.2) is 48.5 Å². The number of nitriles is 1. The molecule has 3 aromatic rings. The van der Waals surface area contributed by atoms with Crippen molar-refractivity contribution in [2.45, 2.75) is 19.6 Å². The Balaban J connectivity index is 1.84. The summed E-state index contributed by atoms with van der Waals surface area (Å²) >= 11 is 0. The number of fused-ring (bicyclic) bond motifs is 1. The summed E-state index contributed by atoms with van der Waals surface area (Å²) in [5.41, 5.74) is 2.53. The Hall–Kier alpha value is -2.78. The summed E-state index contributed by atoms with van der Waals surface area (Å²) in [6, 6.07) is 16.2. The molecule has 4 nitrogen and oxygen atoms in total. The minimum atomic E-state index is -2.64. The van der Waals surface area contributed by atoms with Crippen LogP contribution in [0.25, 0.3) is 11.0 Å². The molecule has 1 heterocycles. The average Bonchev–Trinajstić information content (AvgIpc) is 2.92. The Morgan fingerprint density at radius 2 is 1.96 bits per heavy atom. The SMILES string of the molecule is CN(Cc1cccc(C#N)c1)Cc1nc2ccccc2n1C(F)F.